The van der Waals surface area contributed by atoms with Crippen molar-refractivity contribution in [3.63, 3.8) is 0 Å². The van der Waals surface area contributed by atoms with E-state index in [2.05, 4.69) is 15.9 Å². The third-order valence-electron chi connectivity index (χ3n) is 5.89. The number of aromatic nitrogens is 1. The zero-order valence-corrected chi connectivity index (χ0v) is 19.8. The lowest BCUT2D eigenvalue weighted by Gasteiger charge is -2.25. The van der Waals surface area contributed by atoms with Gasteiger partial charge in [0.15, 0.2) is 0 Å². The fourth-order valence-electron chi connectivity index (χ4n) is 4.35. The van der Waals surface area contributed by atoms with E-state index in [0.29, 0.717) is 16.3 Å². The van der Waals surface area contributed by atoms with E-state index in [1.165, 1.54) is 4.90 Å². The molecule has 1 unspecified atom stereocenters. The van der Waals surface area contributed by atoms with E-state index in [1.54, 1.807) is 48.5 Å². The van der Waals surface area contributed by atoms with Crippen LogP contribution in [0, 0.1) is 0 Å². The number of ketones is 1. The maximum atomic E-state index is 13.3. The maximum Gasteiger partial charge on any atom is 0.300 e. The first-order valence-corrected chi connectivity index (χ1v) is 11.4. The first-order chi connectivity index (χ1) is 15.9. The van der Waals surface area contributed by atoms with Crippen LogP contribution in [0.2, 0.25) is 5.02 Å². The van der Waals surface area contributed by atoms with Gasteiger partial charge in [0.25, 0.3) is 11.7 Å². The summed E-state index contributed by atoms with van der Waals surface area (Å²) in [7, 11) is 1.91. The number of carbonyl (C=O) groups is 2. The molecular weight excluding hydrogens is 504 g/mol. The van der Waals surface area contributed by atoms with Crippen LogP contribution in [0.1, 0.15) is 17.2 Å². The average Bonchev–Trinajstić information content (AvgIpc) is 3.28. The maximum absolute atomic E-state index is 13.3. The predicted octanol–water partition coefficient (Wildman–Crippen LogP) is 6.22. The summed E-state index contributed by atoms with van der Waals surface area (Å²) in [6.07, 6.45) is 1.90. The Hall–Kier alpha value is -3.35. The summed E-state index contributed by atoms with van der Waals surface area (Å²) < 4.78 is 2.79. The van der Waals surface area contributed by atoms with Crippen molar-refractivity contribution in [1.29, 1.82) is 0 Å². The van der Waals surface area contributed by atoms with E-state index < -0.39 is 17.7 Å². The minimum absolute atomic E-state index is 0.0497. The molecule has 1 saturated heterocycles. The third-order valence-corrected chi connectivity index (χ3v) is 6.67. The number of amides is 1. The van der Waals surface area contributed by atoms with Crippen LogP contribution in [-0.4, -0.2) is 21.4 Å². The van der Waals surface area contributed by atoms with Gasteiger partial charge in [0.2, 0.25) is 0 Å². The molecular formula is C26H18BrClN2O3. The van der Waals surface area contributed by atoms with Gasteiger partial charge in [0.05, 0.1) is 11.6 Å². The van der Waals surface area contributed by atoms with Gasteiger partial charge >= 0.3 is 0 Å². The summed E-state index contributed by atoms with van der Waals surface area (Å²) >= 11 is 9.45. The van der Waals surface area contributed by atoms with Crippen molar-refractivity contribution in [3.8, 4) is 0 Å². The molecule has 33 heavy (non-hydrogen) atoms. The van der Waals surface area contributed by atoms with Crippen LogP contribution >= 0.6 is 27.5 Å². The summed E-state index contributed by atoms with van der Waals surface area (Å²) in [5.74, 6) is -1.65. The normalized spacial score (nSPS) is 17.8. The van der Waals surface area contributed by atoms with Crippen LogP contribution in [0.25, 0.3) is 16.7 Å². The van der Waals surface area contributed by atoms with Crippen molar-refractivity contribution in [2.24, 2.45) is 7.05 Å². The molecule has 1 fully saturated rings. The quantitative estimate of drug-likeness (QED) is 0.198. The second-order valence-corrected chi connectivity index (χ2v) is 9.22. The van der Waals surface area contributed by atoms with Gasteiger partial charge in [-0.3, -0.25) is 14.5 Å². The van der Waals surface area contributed by atoms with E-state index in [0.717, 1.165) is 20.9 Å². The Balaban J connectivity index is 1.80. The van der Waals surface area contributed by atoms with Crippen LogP contribution in [0.5, 0.6) is 0 Å². The molecule has 1 amide bonds. The number of aliphatic hydroxyl groups is 1. The van der Waals surface area contributed by atoms with Gasteiger partial charge in [-0.15, -0.1) is 0 Å². The number of hydrogen-bond donors (Lipinski definition) is 1. The molecule has 1 aliphatic heterocycles. The van der Waals surface area contributed by atoms with Crippen molar-refractivity contribution in [2.75, 3.05) is 4.90 Å². The topological polar surface area (TPSA) is 62.5 Å². The van der Waals surface area contributed by atoms with Gasteiger partial charge < -0.3 is 9.67 Å². The van der Waals surface area contributed by atoms with E-state index >= 15 is 0 Å². The molecule has 1 atom stereocenters. The molecule has 164 valence electrons. The van der Waals surface area contributed by atoms with Crippen molar-refractivity contribution in [1.82, 2.24) is 4.57 Å². The minimum Gasteiger partial charge on any atom is -0.507 e. The standard InChI is InChI=1S/C26H18BrClN2O3/c1-29-14-20(19-4-2-3-5-21(19)29)23-22(24(31)15-6-8-16(27)9-7-15)25(32)26(33)30(23)18-12-10-17(28)11-13-18/h2-14,23,31H,1H3/b24-22+. The number of aliphatic hydroxyl groups excluding tert-OH is 1. The van der Waals surface area contributed by atoms with Crippen LogP contribution in [0.15, 0.2) is 89.0 Å². The molecule has 0 aliphatic carbocycles. The molecule has 3 aromatic carbocycles. The highest BCUT2D eigenvalue weighted by Gasteiger charge is 2.47. The molecule has 5 rings (SSSR count). The summed E-state index contributed by atoms with van der Waals surface area (Å²) in [6, 6.07) is 20.7. The fraction of sp³-hybridized carbons (Fsp3) is 0.0769. The largest absolute Gasteiger partial charge is 0.507 e. The lowest BCUT2D eigenvalue weighted by atomic mass is 9.95. The Bertz CT molecular complexity index is 1440. The van der Waals surface area contributed by atoms with Crippen LogP contribution in [0.4, 0.5) is 5.69 Å². The van der Waals surface area contributed by atoms with Crippen molar-refractivity contribution in [2.45, 2.75) is 6.04 Å². The molecule has 1 N–H and O–H groups in total. The van der Waals surface area contributed by atoms with Gasteiger partial charge in [-0.05, 0) is 42.5 Å². The summed E-state index contributed by atoms with van der Waals surface area (Å²) in [5.41, 5.74) is 2.74. The number of anilines is 1. The summed E-state index contributed by atoms with van der Waals surface area (Å²) in [5, 5.41) is 12.7. The van der Waals surface area contributed by atoms with Crippen molar-refractivity contribution >= 4 is 61.6 Å². The van der Waals surface area contributed by atoms with Crippen molar-refractivity contribution < 1.29 is 14.7 Å². The van der Waals surface area contributed by atoms with Crippen LogP contribution in [-0.2, 0) is 16.6 Å². The fourth-order valence-corrected chi connectivity index (χ4v) is 4.74. The number of carbonyl (C=O) groups excluding carboxylic acids is 2. The molecule has 7 heteroatoms. The third kappa shape index (κ3) is 3.56. The molecule has 1 aliphatic rings. The van der Waals surface area contributed by atoms with E-state index in [4.69, 9.17) is 11.6 Å². The van der Waals surface area contributed by atoms with E-state index in [9.17, 15) is 14.7 Å². The molecule has 1 aromatic heterocycles. The number of benzene rings is 3. The number of halogens is 2. The molecule has 0 saturated carbocycles. The Labute approximate surface area is 203 Å². The first kappa shape index (κ1) is 21.5. The van der Waals surface area contributed by atoms with Crippen LogP contribution < -0.4 is 4.90 Å². The minimum atomic E-state index is -0.805. The Morgan fingerprint density at radius 1 is 0.970 bits per heavy atom. The second-order valence-electron chi connectivity index (χ2n) is 7.86. The summed E-state index contributed by atoms with van der Waals surface area (Å²) in [6.45, 7) is 0. The molecule has 0 spiro atoms. The average molecular weight is 522 g/mol. The number of rotatable bonds is 3. The van der Waals surface area contributed by atoms with Gasteiger partial charge in [0, 0.05) is 50.5 Å². The number of para-hydroxylation sites is 1. The number of aryl methyl sites for hydroxylation is 1. The monoisotopic (exact) mass is 520 g/mol. The smallest absolute Gasteiger partial charge is 0.300 e. The highest BCUT2D eigenvalue weighted by molar-refractivity contribution is 9.10. The number of nitrogens with zero attached hydrogens (tertiary/aromatic N) is 2. The lowest BCUT2D eigenvalue weighted by Crippen LogP contribution is -2.29. The second kappa shape index (κ2) is 8.21. The number of Topliss-reactive ketones (excluding diaryl/α,β-unsaturated/α-hetero) is 1. The SMILES string of the molecule is Cn1cc(C2/C(=C(\O)c3ccc(Br)cc3)C(=O)C(=O)N2c2ccc(Cl)cc2)c2ccccc21. The first-order valence-electron chi connectivity index (χ1n) is 10.2. The van der Waals surface area contributed by atoms with Crippen molar-refractivity contribution in [3.05, 3.63) is 105 Å². The molecule has 2 heterocycles. The molecule has 0 radical (unpaired) electrons. The predicted molar refractivity (Wildman–Crippen MR) is 133 cm³/mol. The zero-order chi connectivity index (χ0) is 23.3. The zero-order valence-electron chi connectivity index (χ0n) is 17.5. The Morgan fingerprint density at radius 3 is 2.33 bits per heavy atom. The Morgan fingerprint density at radius 2 is 1.64 bits per heavy atom. The molecule has 5 nitrogen and oxygen atoms in total. The van der Waals surface area contributed by atoms with E-state index in [-0.39, 0.29) is 11.3 Å². The highest BCUT2D eigenvalue weighted by Crippen LogP contribution is 2.44. The van der Waals surface area contributed by atoms with Crippen LogP contribution in [0.3, 0.4) is 0 Å². The van der Waals surface area contributed by atoms with Gasteiger partial charge in [0.1, 0.15) is 5.76 Å². The Kier molecular flexibility index (Phi) is 5.35. The van der Waals surface area contributed by atoms with Gasteiger partial charge in [-0.1, -0.05) is 57.9 Å². The molecule has 4 aromatic rings. The lowest BCUT2D eigenvalue weighted by molar-refractivity contribution is -0.132. The van der Waals surface area contributed by atoms with Gasteiger partial charge in [-0.25, -0.2) is 0 Å². The molecule has 0 bridgehead atoms. The van der Waals surface area contributed by atoms with Gasteiger partial charge in [-0.2, -0.15) is 0 Å². The highest BCUT2D eigenvalue weighted by atomic mass is 79.9. The summed E-state index contributed by atoms with van der Waals surface area (Å²) in [4.78, 5) is 28.0. The number of fused-ring (bicyclic) bond motifs is 1. The van der Waals surface area contributed by atoms with E-state index in [1.807, 2.05) is 42.1 Å². The number of hydrogen-bond acceptors (Lipinski definition) is 3.